The van der Waals surface area contributed by atoms with Crippen molar-refractivity contribution in [2.75, 3.05) is 25.5 Å². The lowest BCUT2D eigenvalue weighted by molar-refractivity contribution is 0.857. The Hall–Kier alpha value is -1.28. The summed E-state index contributed by atoms with van der Waals surface area (Å²) in [5.41, 5.74) is 7.90. The summed E-state index contributed by atoms with van der Waals surface area (Å²) in [6, 6.07) is 8.52. The topological polar surface area (TPSA) is 29.3 Å². The van der Waals surface area contributed by atoms with Crippen molar-refractivity contribution in [3.8, 4) is 0 Å². The molecule has 1 aromatic rings. The van der Waals surface area contributed by atoms with Gasteiger partial charge in [-0.2, -0.15) is 0 Å². The zero-order valence-electron chi connectivity index (χ0n) is 9.61. The third kappa shape index (κ3) is 4.17. The van der Waals surface area contributed by atoms with Gasteiger partial charge in [0.05, 0.1) is 0 Å². The number of hydrogen-bond donors (Lipinski definition) is 1. The van der Waals surface area contributed by atoms with Gasteiger partial charge in [-0.15, -0.1) is 0 Å². The van der Waals surface area contributed by atoms with E-state index in [9.17, 15) is 0 Å². The van der Waals surface area contributed by atoms with Gasteiger partial charge >= 0.3 is 0 Å². The largest absolute Gasteiger partial charge is 0.378 e. The van der Waals surface area contributed by atoms with Crippen LogP contribution in [0.4, 0.5) is 5.69 Å². The van der Waals surface area contributed by atoms with Crippen LogP contribution in [0.5, 0.6) is 0 Å². The molecular weight excluding hydrogens is 184 g/mol. The Labute approximate surface area is 92.4 Å². The predicted molar refractivity (Wildman–Crippen MR) is 68.1 cm³/mol. The monoisotopic (exact) mass is 204 g/mol. The highest BCUT2D eigenvalue weighted by Gasteiger charge is 1.92. The Kier molecular flexibility index (Phi) is 4.91. The fourth-order valence-electron chi connectivity index (χ4n) is 1.34. The van der Waals surface area contributed by atoms with Crippen LogP contribution in [0, 0.1) is 0 Å². The van der Waals surface area contributed by atoms with Crippen LogP contribution < -0.4 is 10.6 Å². The highest BCUT2D eigenvalue weighted by atomic mass is 15.1. The Morgan fingerprint density at radius 2 is 1.87 bits per heavy atom. The maximum absolute atomic E-state index is 5.42. The molecule has 0 radical (unpaired) electrons. The molecule has 0 spiro atoms. The van der Waals surface area contributed by atoms with E-state index < -0.39 is 0 Å². The van der Waals surface area contributed by atoms with E-state index in [4.69, 9.17) is 5.73 Å². The summed E-state index contributed by atoms with van der Waals surface area (Å²) in [5.74, 6) is 0. The molecule has 1 aromatic carbocycles. The molecule has 0 saturated carbocycles. The summed E-state index contributed by atoms with van der Waals surface area (Å²) < 4.78 is 0. The predicted octanol–water partition coefficient (Wildman–Crippen LogP) is 2.50. The molecule has 0 unspecified atom stereocenters. The van der Waals surface area contributed by atoms with Crippen molar-refractivity contribution in [1.29, 1.82) is 0 Å². The van der Waals surface area contributed by atoms with Crippen molar-refractivity contribution in [1.82, 2.24) is 0 Å². The zero-order chi connectivity index (χ0) is 11.1. The third-order valence-electron chi connectivity index (χ3n) is 2.29. The van der Waals surface area contributed by atoms with Crippen LogP contribution in [0.2, 0.25) is 0 Å². The van der Waals surface area contributed by atoms with Crippen molar-refractivity contribution < 1.29 is 0 Å². The summed E-state index contributed by atoms with van der Waals surface area (Å²) in [5, 5.41) is 0. The standard InChI is InChI=1S/C13H20N2/c1-15(2)13-9-7-12(8-10-13)6-4-3-5-11-14/h4,6-10H,3,5,11,14H2,1-2H3. The molecule has 0 heterocycles. The van der Waals surface area contributed by atoms with Gasteiger partial charge in [-0.05, 0) is 37.1 Å². The molecule has 2 nitrogen and oxygen atoms in total. The Bertz CT molecular complexity index is 299. The normalized spacial score (nSPS) is 10.9. The first-order valence-electron chi connectivity index (χ1n) is 5.38. The minimum atomic E-state index is 0.768. The molecule has 0 fully saturated rings. The van der Waals surface area contributed by atoms with E-state index >= 15 is 0 Å². The second kappa shape index (κ2) is 6.25. The number of nitrogens with zero attached hydrogens (tertiary/aromatic N) is 1. The minimum Gasteiger partial charge on any atom is -0.378 e. The van der Waals surface area contributed by atoms with Crippen LogP contribution in [0.15, 0.2) is 30.3 Å². The molecule has 2 heteroatoms. The Morgan fingerprint density at radius 1 is 1.20 bits per heavy atom. The lowest BCUT2D eigenvalue weighted by Gasteiger charge is -2.11. The molecule has 0 aliphatic carbocycles. The van der Waals surface area contributed by atoms with E-state index in [1.807, 2.05) is 14.1 Å². The van der Waals surface area contributed by atoms with Gasteiger partial charge in [-0.1, -0.05) is 24.3 Å². The van der Waals surface area contributed by atoms with Crippen molar-refractivity contribution >= 4 is 11.8 Å². The number of unbranched alkanes of at least 4 members (excludes halogenated alkanes) is 1. The number of anilines is 1. The molecular formula is C13H20N2. The second-order valence-electron chi connectivity index (χ2n) is 3.82. The van der Waals surface area contributed by atoms with Gasteiger partial charge in [-0.25, -0.2) is 0 Å². The van der Waals surface area contributed by atoms with E-state index in [2.05, 4.69) is 41.3 Å². The van der Waals surface area contributed by atoms with E-state index in [0.29, 0.717) is 0 Å². The average Bonchev–Trinajstić information content (AvgIpc) is 2.25. The molecule has 0 amide bonds. The quantitative estimate of drug-likeness (QED) is 0.747. The highest BCUT2D eigenvalue weighted by molar-refractivity contribution is 5.55. The first-order valence-corrected chi connectivity index (χ1v) is 5.38. The van der Waals surface area contributed by atoms with E-state index in [0.717, 1.165) is 19.4 Å². The van der Waals surface area contributed by atoms with Crippen LogP contribution in [0.1, 0.15) is 18.4 Å². The van der Waals surface area contributed by atoms with E-state index in [-0.39, 0.29) is 0 Å². The molecule has 0 aromatic heterocycles. The number of hydrogen-bond acceptors (Lipinski definition) is 2. The van der Waals surface area contributed by atoms with Gasteiger partial charge in [0.1, 0.15) is 0 Å². The second-order valence-corrected chi connectivity index (χ2v) is 3.82. The third-order valence-corrected chi connectivity index (χ3v) is 2.29. The molecule has 0 saturated heterocycles. The van der Waals surface area contributed by atoms with Crippen LogP contribution in [0.25, 0.3) is 6.08 Å². The van der Waals surface area contributed by atoms with Crippen LogP contribution >= 0.6 is 0 Å². The molecule has 15 heavy (non-hydrogen) atoms. The summed E-state index contributed by atoms with van der Waals surface area (Å²) in [7, 11) is 4.10. The fraction of sp³-hybridized carbons (Fsp3) is 0.385. The van der Waals surface area contributed by atoms with Crippen molar-refractivity contribution in [2.45, 2.75) is 12.8 Å². The van der Waals surface area contributed by atoms with Crippen molar-refractivity contribution in [2.24, 2.45) is 5.73 Å². The lowest BCUT2D eigenvalue weighted by atomic mass is 10.1. The van der Waals surface area contributed by atoms with E-state index in [1.165, 1.54) is 11.3 Å². The number of nitrogens with two attached hydrogens (primary N) is 1. The van der Waals surface area contributed by atoms with E-state index in [1.54, 1.807) is 0 Å². The molecule has 0 aliphatic rings. The highest BCUT2D eigenvalue weighted by Crippen LogP contribution is 2.13. The minimum absolute atomic E-state index is 0.768. The Balaban J connectivity index is 2.53. The van der Waals surface area contributed by atoms with Gasteiger partial charge in [0.25, 0.3) is 0 Å². The molecule has 82 valence electrons. The maximum atomic E-state index is 5.42. The summed E-state index contributed by atoms with van der Waals surface area (Å²) in [6.07, 6.45) is 6.45. The van der Waals surface area contributed by atoms with Crippen LogP contribution in [0.3, 0.4) is 0 Å². The average molecular weight is 204 g/mol. The maximum Gasteiger partial charge on any atom is 0.0361 e. The van der Waals surface area contributed by atoms with Crippen molar-refractivity contribution in [3.63, 3.8) is 0 Å². The lowest BCUT2D eigenvalue weighted by Crippen LogP contribution is -2.07. The molecule has 2 N–H and O–H groups in total. The van der Waals surface area contributed by atoms with Crippen molar-refractivity contribution in [3.05, 3.63) is 35.9 Å². The number of rotatable bonds is 5. The fourth-order valence-corrected chi connectivity index (χ4v) is 1.34. The van der Waals surface area contributed by atoms with Crippen LogP contribution in [-0.2, 0) is 0 Å². The summed E-state index contributed by atoms with van der Waals surface area (Å²) in [6.45, 7) is 0.768. The first kappa shape index (κ1) is 11.8. The molecule has 0 aliphatic heterocycles. The summed E-state index contributed by atoms with van der Waals surface area (Å²) >= 11 is 0. The van der Waals surface area contributed by atoms with Gasteiger partial charge in [-0.3, -0.25) is 0 Å². The number of benzene rings is 1. The molecule has 0 bridgehead atoms. The SMILES string of the molecule is CN(C)c1ccc(C=CCCCN)cc1. The molecule has 1 rings (SSSR count). The smallest absolute Gasteiger partial charge is 0.0361 e. The van der Waals surface area contributed by atoms with Gasteiger partial charge in [0.15, 0.2) is 0 Å². The first-order chi connectivity index (χ1) is 7.24. The zero-order valence-corrected chi connectivity index (χ0v) is 9.61. The van der Waals surface area contributed by atoms with Gasteiger partial charge in [0.2, 0.25) is 0 Å². The van der Waals surface area contributed by atoms with Gasteiger partial charge < -0.3 is 10.6 Å². The Morgan fingerprint density at radius 3 is 2.40 bits per heavy atom. The summed E-state index contributed by atoms with van der Waals surface area (Å²) in [4.78, 5) is 2.10. The van der Waals surface area contributed by atoms with Crippen LogP contribution in [-0.4, -0.2) is 20.6 Å². The molecule has 0 atom stereocenters. The van der Waals surface area contributed by atoms with Gasteiger partial charge in [0, 0.05) is 19.8 Å². The number of allylic oxidation sites excluding steroid dienone is 1.